The number of ether oxygens (including phenoxy) is 1. The second-order valence-corrected chi connectivity index (χ2v) is 9.32. The van der Waals surface area contributed by atoms with E-state index in [0.29, 0.717) is 13.1 Å². The lowest BCUT2D eigenvalue weighted by Gasteiger charge is -2.25. The first-order chi connectivity index (χ1) is 15.1. The van der Waals surface area contributed by atoms with Crippen molar-refractivity contribution in [1.82, 2.24) is 13.4 Å². The molecular formula is C20H24N4O7S. The van der Waals surface area contributed by atoms with E-state index in [1.165, 1.54) is 42.7 Å². The molecule has 32 heavy (non-hydrogen) atoms. The van der Waals surface area contributed by atoms with E-state index in [-0.39, 0.29) is 16.3 Å². The lowest BCUT2D eigenvalue weighted by Crippen LogP contribution is -2.38. The highest BCUT2D eigenvalue weighted by Gasteiger charge is 2.26. The van der Waals surface area contributed by atoms with Gasteiger partial charge in [0.2, 0.25) is 10.0 Å². The normalized spacial score (nSPS) is 14.7. The number of carbonyl (C=O) groups is 2. The third kappa shape index (κ3) is 4.97. The van der Waals surface area contributed by atoms with Crippen molar-refractivity contribution in [3.8, 4) is 0 Å². The van der Waals surface area contributed by atoms with E-state index in [2.05, 4.69) is 5.32 Å². The summed E-state index contributed by atoms with van der Waals surface area (Å²) in [5, 5.41) is 2.34. The van der Waals surface area contributed by atoms with E-state index in [4.69, 9.17) is 4.74 Å². The Morgan fingerprint density at radius 2 is 1.62 bits per heavy atom. The van der Waals surface area contributed by atoms with Gasteiger partial charge in [-0.25, -0.2) is 18.0 Å². The van der Waals surface area contributed by atoms with Crippen LogP contribution in [0, 0.1) is 0 Å². The van der Waals surface area contributed by atoms with Crippen molar-refractivity contribution in [2.45, 2.75) is 24.2 Å². The Kier molecular flexibility index (Phi) is 6.94. The van der Waals surface area contributed by atoms with Gasteiger partial charge in [-0.15, -0.1) is 0 Å². The lowest BCUT2D eigenvalue weighted by molar-refractivity contribution is -0.119. The van der Waals surface area contributed by atoms with Gasteiger partial charge in [0.05, 0.1) is 10.5 Å². The van der Waals surface area contributed by atoms with E-state index >= 15 is 0 Å². The third-order valence-electron chi connectivity index (χ3n) is 5.17. The topological polar surface area (TPSA) is 137 Å². The molecule has 2 heterocycles. The van der Waals surface area contributed by atoms with Gasteiger partial charge in [-0.1, -0.05) is 6.42 Å². The minimum Gasteiger partial charge on any atom is -0.452 e. The molecule has 0 radical (unpaired) electrons. The van der Waals surface area contributed by atoms with Gasteiger partial charge >= 0.3 is 11.7 Å². The van der Waals surface area contributed by atoms with Crippen LogP contribution in [0.1, 0.15) is 29.6 Å². The molecule has 1 saturated heterocycles. The molecular weight excluding hydrogens is 440 g/mol. The van der Waals surface area contributed by atoms with Gasteiger partial charge in [-0.3, -0.25) is 18.7 Å². The number of piperidine rings is 1. The molecule has 1 fully saturated rings. The van der Waals surface area contributed by atoms with Gasteiger partial charge in [-0.05, 0) is 37.1 Å². The van der Waals surface area contributed by atoms with Crippen LogP contribution in [0.2, 0.25) is 0 Å². The highest BCUT2D eigenvalue weighted by molar-refractivity contribution is 7.89. The molecule has 1 amide bonds. The van der Waals surface area contributed by atoms with Gasteiger partial charge in [0.1, 0.15) is 5.82 Å². The molecule has 0 aliphatic carbocycles. The molecule has 0 bridgehead atoms. The average molecular weight is 465 g/mol. The van der Waals surface area contributed by atoms with Crippen molar-refractivity contribution in [2.75, 3.05) is 25.0 Å². The van der Waals surface area contributed by atoms with Crippen LogP contribution in [0.5, 0.6) is 0 Å². The molecule has 0 spiro atoms. The van der Waals surface area contributed by atoms with Crippen LogP contribution in [0.15, 0.2) is 44.8 Å². The number of benzene rings is 1. The molecule has 0 unspecified atom stereocenters. The number of carbonyl (C=O) groups excluding carboxylic acids is 2. The number of hydrogen-bond donors (Lipinski definition) is 1. The zero-order valence-corrected chi connectivity index (χ0v) is 18.6. The van der Waals surface area contributed by atoms with Crippen molar-refractivity contribution in [2.24, 2.45) is 14.1 Å². The van der Waals surface area contributed by atoms with Gasteiger partial charge in [-0.2, -0.15) is 4.31 Å². The number of sulfonamides is 1. The largest absolute Gasteiger partial charge is 0.452 e. The van der Waals surface area contributed by atoms with E-state index in [1.54, 1.807) is 0 Å². The summed E-state index contributed by atoms with van der Waals surface area (Å²) < 4.78 is 33.7. The summed E-state index contributed by atoms with van der Waals surface area (Å²) in [7, 11) is -0.933. The minimum atomic E-state index is -3.62. The first-order valence-corrected chi connectivity index (χ1v) is 11.4. The Hall–Kier alpha value is -3.25. The van der Waals surface area contributed by atoms with Crippen molar-refractivity contribution in [1.29, 1.82) is 0 Å². The summed E-state index contributed by atoms with van der Waals surface area (Å²) >= 11 is 0. The van der Waals surface area contributed by atoms with Crippen LogP contribution in [-0.4, -0.2) is 53.4 Å². The van der Waals surface area contributed by atoms with Gasteiger partial charge in [0.25, 0.3) is 11.5 Å². The van der Waals surface area contributed by atoms with E-state index in [1.807, 2.05) is 0 Å². The molecule has 0 atom stereocenters. The number of rotatable bonds is 6. The van der Waals surface area contributed by atoms with Crippen LogP contribution in [0.25, 0.3) is 0 Å². The molecule has 3 rings (SSSR count). The van der Waals surface area contributed by atoms with Crippen LogP contribution < -0.4 is 16.6 Å². The number of amides is 1. The number of anilines is 1. The molecule has 0 saturated carbocycles. The summed E-state index contributed by atoms with van der Waals surface area (Å²) in [6.07, 6.45) is 2.64. The zero-order chi connectivity index (χ0) is 23.5. The van der Waals surface area contributed by atoms with Gasteiger partial charge in [0, 0.05) is 33.3 Å². The maximum Gasteiger partial charge on any atom is 0.338 e. The minimum absolute atomic E-state index is 0.0357. The maximum absolute atomic E-state index is 12.7. The molecule has 1 aliphatic rings. The van der Waals surface area contributed by atoms with Crippen LogP contribution in [-0.2, 0) is 33.7 Å². The first-order valence-electron chi connectivity index (χ1n) is 9.95. The molecule has 1 aliphatic heterocycles. The molecule has 12 heteroatoms. The van der Waals surface area contributed by atoms with Crippen molar-refractivity contribution >= 4 is 27.7 Å². The fraction of sp³-hybridized carbons (Fsp3) is 0.400. The Bertz CT molecular complexity index is 1240. The Labute approximate surface area is 184 Å². The number of nitrogens with one attached hydrogen (secondary N) is 1. The number of aromatic nitrogens is 2. The molecule has 1 aromatic carbocycles. The van der Waals surface area contributed by atoms with Crippen LogP contribution in [0.3, 0.4) is 0 Å². The number of nitrogens with zero attached hydrogens (tertiary/aromatic N) is 3. The number of esters is 1. The van der Waals surface area contributed by atoms with Crippen LogP contribution in [0.4, 0.5) is 5.82 Å². The second-order valence-electron chi connectivity index (χ2n) is 7.38. The van der Waals surface area contributed by atoms with Gasteiger partial charge < -0.3 is 10.1 Å². The van der Waals surface area contributed by atoms with Crippen LogP contribution >= 0.6 is 0 Å². The second kappa shape index (κ2) is 9.49. The quantitative estimate of drug-likeness (QED) is 0.597. The summed E-state index contributed by atoms with van der Waals surface area (Å²) in [6.45, 7) is 0.288. The zero-order valence-electron chi connectivity index (χ0n) is 17.7. The predicted octanol–water partition coefficient (Wildman–Crippen LogP) is 0.0541. The van der Waals surface area contributed by atoms with Gasteiger partial charge in [0.15, 0.2) is 6.61 Å². The maximum atomic E-state index is 12.7. The monoisotopic (exact) mass is 464 g/mol. The lowest BCUT2D eigenvalue weighted by atomic mass is 10.2. The summed E-state index contributed by atoms with van der Waals surface area (Å²) in [4.78, 5) is 48.0. The predicted molar refractivity (Wildman–Crippen MR) is 115 cm³/mol. The number of hydrogen-bond acceptors (Lipinski definition) is 7. The van der Waals surface area contributed by atoms with Crippen molar-refractivity contribution < 1.29 is 22.7 Å². The van der Waals surface area contributed by atoms with E-state index in [0.717, 1.165) is 34.5 Å². The molecule has 1 aromatic heterocycles. The summed E-state index contributed by atoms with van der Waals surface area (Å²) in [5.41, 5.74) is -1.14. The third-order valence-corrected chi connectivity index (χ3v) is 7.08. The fourth-order valence-corrected chi connectivity index (χ4v) is 4.78. The Balaban J connectivity index is 1.61. The van der Waals surface area contributed by atoms with E-state index < -0.39 is 39.8 Å². The highest BCUT2D eigenvalue weighted by atomic mass is 32.2. The summed E-state index contributed by atoms with van der Waals surface area (Å²) in [5.74, 6) is -1.60. The molecule has 172 valence electrons. The highest BCUT2D eigenvalue weighted by Crippen LogP contribution is 2.21. The van der Waals surface area contributed by atoms with E-state index in [9.17, 15) is 27.6 Å². The molecule has 11 nitrogen and oxygen atoms in total. The molecule has 2 aromatic rings. The SMILES string of the molecule is Cn1c(NC(=O)COC(=O)c2ccc(S(=O)(=O)N3CCCCC3)cc2)cc(=O)n(C)c1=O. The standard InChI is InChI=1S/C20H24N4O7S/c1-22-16(12-18(26)23(2)20(22)28)21-17(25)13-31-19(27)14-6-8-15(9-7-14)32(29,30)24-10-4-3-5-11-24/h6-9,12H,3-5,10-11,13H2,1-2H3,(H,21,25). The average Bonchev–Trinajstić information content (AvgIpc) is 2.80. The summed E-state index contributed by atoms with van der Waals surface area (Å²) in [6, 6.07) is 6.37. The fourth-order valence-electron chi connectivity index (χ4n) is 3.26. The first kappa shape index (κ1) is 23.4. The Morgan fingerprint density at radius 3 is 2.25 bits per heavy atom. The van der Waals surface area contributed by atoms with Crippen molar-refractivity contribution in [3.05, 3.63) is 56.7 Å². The molecule has 1 N–H and O–H groups in total. The smallest absolute Gasteiger partial charge is 0.338 e. The van der Waals surface area contributed by atoms with Crippen molar-refractivity contribution in [3.63, 3.8) is 0 Å². The Morgan fingerprint density at radius 1 is 1.00 bits per heavy atom.